The quantitative estimate of drug-likeness (QED) is 0.649. The monoisotopic (exact) mass is 315 g/mol. The van der Waals surface area contributed by atoms with Gasteiger partial charge in [0.05, 0.1) is 19.1 Å². The van der Waals surface area contributed by atoms with Crippen LogP contribution in [0.2, 0.25) is 0 Å². The number of methoxy groups -OCH3 is 1. The summed E-state index contributed by atoms with van der Waals surface area (Å²) in [7, 11) is 1.13. The minimum absolute atomic E-state index is 0.0599. The maximum Gasteiger partial charge on any atom is 0.471 e. The first-order valence-corrected chi connectivity index (χ1v) is 6.42. The highest BCUT2D eigenvalue weighted by Crippen LogP contribution is 2.28. The Balaban J connectivity index is 3.17. The van der Waals surface area contributed by atoms with E-state index in [1.165, 1.54) is 18.2 Å². The molecular formula is C15H16F3NO3. The van der Waals surface area contributed by atoms with Crippen molar-refractivity contribution >= 4 is 11.9 Å². The highest BCUT2D eigenvalue weighted by molar-refractivity contribution is 5.83. The van der Waals surface area contributed by atoms with Crippen LogP contribution in [0, 0.1) is 5.92 Å². The lowest BCUT2D eigenvalue weighted by Gasteiger charge is -2.26. The van der Waals surface area contributed by atoms with Crippen LogP contribution in [0.4, 0.5) is 13.2 Å². The summed E-state index contributed by atoms with van der Waals surface area (Å²) in [6, 6.07) is 6.77. The number of ether oxygens (including phenoxy) is 1. The average molecular weight is 315 g/mol. The maximum absolute atomic E-state index is 12.5. The second-order valence-corrected chi connectivity index (χ2v) is 4.51. The van der Waals surface area contributed by atoms with Gasteiger partial charge in [-0.15, -0.1) is 6.58 Å². The van der Waals surface area contributed by atoms with Crippen molar-refractivity contribution in [3.63, 3.8) is 0 Å². The first kappa shape index (κ1) is 17.7. The van der Waals surface area contributed by atoms with Crippen LogP contribution in [-0.4, -0.2) is 25.2 Å². The number of nitrogens with one attached hydrogen (secondary N) is 1. The summed E-state index contributed by atoms with van der Waals surface area (Å²) in [6.07, 6.45) is -3.59. The van der Waals surface area contributed by atoms with Crippen LogP contribution >= 0.6 is 0 Å². The molecule has 7 heteroatoms. The number of amides is 1. The van der Waals surface area contributed by atoms with Gasteiger partial charge < -0.3 is 10.1 Å². The zero-order valence-electron chi connectivity index (χ0n) is 11.9. The number of rotatable bonds is 6. The Morgan fingerprint density at radius 2 is 1.91 bits per heavy atom. The van der Waals surface area contributed by atoms with E-state index >= 15 is 0 Å². The molecule has 0 aliphatic carbocycles. The molecule has 0 fully saturated rings. The van der Waals surface area contributed by atoms with Crippen molar-refractivity contribution < 1.29 is 27.5 Å². The third-order valence-corrected chi connectivity index (χ3v) is 3.03. The van der Waals surface area contributed by atoms with E-state index in [2.05, 4.69) is 11.3 Å². The molecule has 0 bridgehead atoms. The third-order valence-electron chi connectivity index (χ3n) is 3.03. The zero-order chi connectivity index (χ0) is 16.8. The molecule has 1 N–H and O–H groups in total. The number of carbonyl (C=O) groups excluding carboxylic acids is 2. The fourth-order valence-electron chi connectivity index (χ4n) is 2.00. The van der Waals surface area contributed by atoms with E-state index in [9.17, 15) is 22.8 Å². The molecule has 1 rings (SSSR count). The van der Waals surface area contributed by atoms with Gasteiger partial charge in [0.25, 0.3) is 0 Å². The van der Waals surface area contributed by atoms with E-state index in [-0.39, 0.29) is 6.42 Å². The predicted molar refractivity (Wildman–Crippen MR) is 73.7 cm³/mol. The van der Waals surface area contributed by atoms with E-state index in [0.29, 0.717) is 5.56 Å². The molecule has 0 heterocycles. The van der Waals surface area contributed by atoms with E-state index in [0.717, 1.165) is 7.11 Å². The maximum atomic E-state index is 12.5. The zero-order valence-corrected chi connectivity index (χ0v) is 11.9. The fourth-order valence-corrected chi connectivity index (χ4v) is 2.00. The Kier molecular flexibility index (Phi) is 6.15. The summed E-state index contributed by atoms with van der Waals surface area (Å²) >= 11 is 0. The molecule has 0 unspecified atom stereocenters. The number of hydrogen-bond donors (Lipinski definition) is 1. The van der Waals surface area contributed by atoms with Crippen molar-refractivity contribution in [2.24, 2.45) is 5.92 Å². The minimum atomic E-state index is -5.04. The normalized spacial score (nSPS) is 13.8. The van der Waals surface area contributed by atoms with Crippen LogP contribution in [0.15, 0.2) is 43.0 Å². The molecule has 0 saturated heterocycles. The topological polar surface area (TPSA) is 55.4 Å². The lowest BCUT2D eigenvalue weighted by Crippen LogP contribution is -2.43. The van der Waals surface area contributed by atoms with E-state index in [1.54, 1.807) is 18.2 Å². The lowest BCUT2D eigenvalue weighted by molar-refractivity contribution is -0.175. The molecule has 1 aromatic rings. The Morgan fingerprint density at radius 3 is 2.36 bits per heavy atom. The van der Waals surface area contributed by atoms with Crippen molar-refractivity contribution in [1.82, 2.24) is 5.32 Å². The standard InChI is InChI=1S/C15H16F3NO3/c1-3-7-11(13(20)22-2)12(10-8-5-4-6-9-10)19-14(21)15(16,17)18/h3-6,8-9,11-12H,1,7H2,2H3,(H,19,21)/t11-,12+/m1/s1. The van der Waals surface area contributed by atoms with Gasteiger partial charge in [0.2, 0.25) is 0 Å². The third kappa shape index (κ3) is 4.61. The van der Waals surface area contributed by atoms with Gasteiger partial charge in [-0.05, 0) is 12.0 Å². The van der Waals surface area contributed by atoms with Crippen LogP contribution in [-0.2, 0) is 14.3 Å². The number of hydrogen-bond acceptors (Lipinski definition) is 3. The van der Waals surface area contributed by atoms with Crippen molar-refractivity contribution in [2.75, 3.05) is 7.11 Å². The number of halogens is 3. The highest BCUT2D eigenvalue weighted by Gasteiger charge is 2.42. The van der Waals surface area contributed by atoms with Crippen LogP contribution < -0.4 is 5.32 Å². The van der Waals surface area contributed by atoms with Gasteiger partial charge in [-0.1, -0.05) is 36.4 Å². The first-order valence-electron chi connectivity index (χ1n) is 6.42. The van der Waals surface area contributed by atoms with Crippen LogP contribution in [0.3, 0.4) is 0 Å². The SMILES string of the molecule is C=CC[C@@H](C(=O)OC)[C@@H](NC(=O)C(F)(F)F)c1ccccc1. The van der Waals surface area contributed by atoms with Gasteiger partial charge in [-0.2, -0.15) is 13.2 Å². The highest BCUT2D eigenvalue weighted by atomic mass is 19.4. The first-order chi connectivity index (χ1) is 10.3. The Morgan fingerprint density at radius 1 is 1.32 bits per heavy atom. The van der Waals surface area contributed by atoms with E-state index in [1.807, 2.05) is 5.32 Å². The molecule has 0 aliphatic rings. The lowest BCUT2D eigenvalue weighted by atomic mass is 9.90. The summed E-state index contributed by atoms with van der Waals surface area (Å²) in [6.45, 7) is 3.48. The fraction of sp³-hybridized carbons (Fsp3) is 0.333. The summed E-state index contributed by atoms with van der Waals surface area (Å²) in [5.41, 5.74) is 0.373. The van der Waals surface area contributed by atoms with Gasteiger partial charge >= 0.3 is 18.1 Å². The summed E-state index contributed by atoms with van der Waals surface area (Å²) in [5.74, 6) is -3.84. The smallest absolute Gasteiger partial charge is 0.469 e. The number of benzene rings is 1. The van der Waals surface area contributed by atoms with Gasteiger partial charge in [-0.3, -0.25) is 9.59 Å². The molecule has 1 aromatic carbocycles. The molecule has 0 radical (unpaired) electrons. The van der Waals surface area contributed by atoms with E-state index in [4.69, 9.17) is 0 Å². The Bertz CT molecular complexity index is 529. The molecule has 4 nitrogen and oxygen atoms in total. The summed E-state index contributed by atoms with van der Waals surface area (Å²) in [5, 5.41) is 1.86. The van der Waals surface area contributed by atoms with Gasteiger partial charge in [0.1, 0.15) is 0 Å². The largest absolute Gasteiger partial charge is 0.471 e. The molecule has 0 saturated carbocycles. The van der Waals surface area contributed by atoms with Crippen molar-refractivity contribution in [1.29, 1.82) is 0 Å². The molecule has 1 amide bonds. The molecule has 22 heavy (non-hydrogen) atoms. The summed E-state index contributed by atoms with van der Waals surface area (Å²) < 4.78 is 42.1. The van der Waals surface area contributed by atoms with Crippen molar-refractivity contribution in [3.8, 4) is 0 Å². The molecule has 0 aliphatic heterocycles. The van der Waals surface area contributed by atoms with Crippen molar-refractivity contribution in [2.45, 2.75) is 18.6 Å². The van der Waals surface area contributed by atoms with Gasteiger partial charge in [-0.25, -0.2) is 0 Å². The van der Waals surface area contributed by atoms with Gasteiger partial charge in [0, 0.05) is 0 Å². The van der Waals surface area contributed by atoms with Crippen LogP contribution in [0.5, 0.6) is 0 Å². The molecule has 0 aromatic heterocycles. The van der Waals surface area contributed by atoms with Crippen molar-refractivity contribution in [3.05, 3.63) is 48.6 Å². The Labute approximate surface area is 126 Å². The predicted octanol–water partition coefficient (Wildman–Crippen LogP) is 2.77. The summed E-state index contributed by atoms with van der Waals surface area (Å²) in [4.78, 5) is 23.1. The number of allylic oxidation sites excluding steroid dienone is 1. The number of alkyl halides is 3. The van der Waals surface area contributed by atoms with Gasteiger partial charge in [0.15, 0.2) is 0 Å². The second-order valence-electron chi connectivity index (χ2n) is 4.51. The minimum Gasteiger partial charge on any atom is -0.469 e. The van der Waals surface area contributed by atoms with Crippen LogP contribution in [0.25, 0.3) is 0 Å². The number of esters is 1. The second kappa shape index (κ2) is 7.63. The molecular weight excluding hydrogens is 299 g/mol. The van der Waals surface area contributed by atoms with Crippen LogP contribution in [0.1, 0.15) is 18.0 Å². The Hall–Kier alpha value is -2.31. The average Bonchev–Trinajstić information content (AvgIpc) is 2.49. The molecule has 0 spiro atoms. The molecule has 2 atom stereocenters. The van der Waals surface area contributed by atoms with E-state index < -0.39 is 30.0 Å². The number of carbonyl (C=O) groups is 2. The molecule has 120 valence electrons.